The summed E-state index contributed by atoms with van der Waals surface area (Å²) >= 11 is 1.62. The maximum atomic E-state index is 11.7. The molecule has 1 aromatic heterocycles. The van der Waals surface area contributed by atoms with Gasteiger partial charge < -0.3 is 0 Å². The minimum Gasteiger partial charge on any atom is -0.270 e. The molecule has 0 aliphatic carbocycles. The lowest BCUT2D eigenvalue weighted by molar-refractivity contribution is 0.572. The van der Waals surface area contributed by atoms with Crippen LogP contribution in [0.15, 0.2) is 40.3 Å². The summed E-state index contributed by atoms with van der Waals surface area (Å²) in [6.45, 7) is 4.98. The molecule has 1 atom stereocenters. The van der Waals surface area contributed by atoms with Gasteiger partial charge in [0, 0.05) is 11.8 Å². The molecule has 5 heteroatoms. The first-order valence-electron chi connectivity index (χ1n) is 6.59. The summed E-state index contributed by atoms with van der Waals surface area (Å²) in [4.78, 5) is 11.7. The number of benzene rings is 1. The van der Waals surface area contributed by atoms with Gasteiger partial charge in [0.25, 0.3) is 0 Å². The Bertz CT molecular complexity index is 562. The first-order chi connectivity index (χ1) is 9.22. The van der Waals surface area contributed by atoms with E-state index >= 15 is 0 Å². The standard InChI is InChI=1S/C14H19N3OS/c1-3-4-10-17-13(18)15-16-14(17)19-11(2)12-8-6-5-7-9-12/h5-9,11H,3-4,10H2,1-2H3,(H,15,18). The lowest BCUT2D eigenvalue weighted by atomic mass is 10.2. The molecule has 102 valence electrons. The van der Waals surface area contributed by atoms with E-state index in [4.69, 9.17) is 0 Å². The highest BCUT2D eigenvalue weighted by Crippen LogP contribution is 2.32. The highest BCUT2D eigenvalue weighted by molar-refractivity contribution is 7.99. The predicted octanol–water partition coefficient (Wildman–Crippen LogP) is 3.22. The zero-order chi connectivity index (χ0) is 13.7. The van der Waals surface area contributed by atoms with Crippen LogP contribution >= 0.6 is 11.8 Å². The maximum Gasteiger partial charge on any atom is 0.343 e. The molecule has 2 aromatic rings. The van der Waals surface area contributed by atoms with Crippen molar-refractivity contribution in [1.82, 2.24) is 14.8 Å². The Morgan fingerprint density at radius 1 is 1.37 bits per heavy atom. The molecule has 1 heterocycles. The van der Waals surface area contributed by atoms with E-state index < -0.39 is 0 Å². The molecule has 0 aliphatic heterocycles. The average Bonchev–Trinajstić information content (AvgIpc) is 2.78. The SMILES string of the molecule is CCCCn1c(SC(C)c2ccccc2)n[nH]c1=O. The van der Waals surface area contributed by atoms with E-state index in [-0.39, 0.29) is 10.9 Å². The molecule has 19 heavy (non-hydrogen) atoms. The van der Waals surface area contributed by atoms with Gasteiger partial charge >= 0.3 is 5.69 Å². The molecule has 2 rings (SSSR count). The zero-order valence-corrected chi connectivity index (χ0v) is 12.1. The second-order valence-electron chi connectivity index (χ2n) is 4.49. The average molecular weight is 277 g/mol. The number of hydrogen-bond donors (Lipinski definition) is 1. The number of thioether (sulfide) groups is 1. The van der Waals surface area contributed by atoms with Crippen LogP contribution in [0.5, 0.6) is 0 Å². The summed E-state index contributed by atoms with van der Waals surface area (Å²) in [7, 11) is 0. The molecular weight excluding hydrogens is 258 g/mol. The lowest BCUT2D eigenvalue weighted by Crippen LogP contribution is -2.17. The Balaban J connectivity index is 2.13. The van der Waals surface area contributed by atoms with Crippen LogP contribution in [0.3, 0.4) is 0 Å². The topological polar surface area (TPSA) is 50.7 Å². The molecule has 0 aliphatic rings. The Morgan fingerprint density at radius 2 is 2.11 bits per heavy atom. The molecule has 0 amide bonds. The smallest absolute Gasteiger partial charge is 0.270 e. The van der Waals surface area contributed by atoms with E-state index in [9.17, 15) is 4.79 Å². The molecule has 0 saturated carbocycles. The van der Waals surface area contributed by atoms with Gasteiger partial charge in [-0.3, -0.25) is 4.57 Å². The summed E-state index contributed by atoms with van der Waals surface area (Å²) in [6.07, 6.45) is 2.06. The molecule has 1 aromatic carbocycles. The largest absolute Gasteiger partial charge is 0.343 e. The Kier molecular flexibility index (Phi) is 4.85. The van der Waals surface area contributed by atoms with E-state index in [0.717, 1.165) is 24.5 Å². The highest BCUT2D eigenvalue weighted by Gasteiger charge is 2.13. The number of nitrogens with zero attached hydrogens (tertiary/aromatic N) is 2. The van der Waals surface area contributed by atoms with Gasteiger partial charge in [0.05, 0.1) is 0 Å². The third-order valence-electron chi connectivity index (χ3n) is 3.01. The first-order valence-corrected chi connectivity index (χ1v) is 7.47. The van der Waals surface area contributed by atoms with Gasteiger partial charge in [-0.2, -0.15) is 0 Å². The van der Waals surface area contributed by atoms with Crippen molar-refractivity contribution in [2.24, 2.45) is 0 Å². The molecule has 0 radical (unpaired) electrons. The van der Waals surface area contributed by atoms with Crippen LogP contribution in [0.1, 0.15) is 37.5 Å². The van der Waals surface area contributed by atoms with Crippen molar-refractivity contribution >= 4 is 11.8 Å². The van der Waals surface area contributed by atoms with Crippen molar-refractivity contribution in [3.05, 3.63) is 46.4 Å². The fraction of sp³-hybridized carbons (Fsp3) is 0.429. The molecule has 0 fully saturated rings. The van der Waals surface area contributed by atoms with Crippen molar-refractivity contribution in [3.8, 4) is 0 Å². The molecule has 1 N–H and O–H groups in total. The van der Waals surface area contributed by atoms with Gasteiger partial charge in [0.1, 0.15) is 0 Å². The number of H-pyrrole nitrogens is 1. The van der Waals surface area contributed by atoms with Gasteiger partial charge in [0.2, 0.25) is 0 Å². The molecule has 1 unspecified atom stereocenters. The van der Waals surface area contributed by atoms with E-state index in [2.05, 4.69) is 36.2 Å². The lowest BCUT2D eigenvalue weighted by Gasteiger charge is -2.11. The third kappa shape index (κ3) is 3.50. The van der Waals surface area contributed by atoms with E-state index in [1.54, 1.807) is 16.3 Å². The quantitative estimate of drug-likeness (QED) is 0.825. The molecule has 0 spiro atoms. The number of aromatic nitrogens is 3. The third-order valence-corrected chi connectivity index (χ3v) is 4.16. The van der Waals surface area contributed by atoms with Crippen LogP contribution in [0.4, 0.5) is 0 Å². The number of hydrogen-bond acceptors (Lipinski definition) is 3. The summed E-state index contributed by atoms with van der Waals surface area (Å²) in [5.41, 5.74) is 1.13. The molecule has 0 saturated heterocycles. The normalized spacial score (nSPS) is 12.5. The summed E-state index contributed by atoms with van der Waals surface area (Å²) in [6, 6.07) is 10.3. The summed E-state index contributed by atoms with van der Waals surface area (Å²) < 4.78 is 1.73. The van der Waals surface area contributed by atoms with E-state index in [1.807, 2.05) is 18.2 Å². The fourth-order valence-corrected chi connectivity index (χ4v) is 2.87. The van der Waals surface area contributed by atoms with Gasteiger partial charge in [-0.1, -0.05) is 55.4 Å². The van der Waals surface area contributed by atoms with E-state index in [1.165, 1.54) is 5.56 Å². The molecular formula is C14H19N3OS. The van der Waals surface area contributed by atoms with E-state index in [0.29, 0.717) is 0 Å². The van der Waals surface area contributed by atoms with Crippen LogP contribution in [-0.2, 0) is 6.54 Å². The summed E-state index contributed by atoms with van der Waals surface area (Å²) in [5.74, 6) is 0. The zero-order valence-electron chi connectivity index (χ0n) is 11.3. The minimum absolute atomic E-state index is 0.115. The minimum atomic E-state index is -0.115. The van der Waals surface area contributed by atoms with Crippen LogP contribution in [0.2, 0.25) is 0 Å². The number of aromatic amines is 1. The highest BCUT2D eigenvalue weighted by atomic mass is 32.2. The predicted molar refractivity (Wildman–Crippen MR) is 78.5 cm³/mol. The van der Waals surface area contributed by atoms with Crippen molar-refractivity contribution < 1.29 is 0 Å². The fourth-order valence-electron chi connectivity index (χ4n) is 1.86. The number of nitrogens with one attached hydrogen (secondary N) is 1. The Morgan fingerprint density at radius 3 is 2.79 bits per heavy atom. The van der Waals surface area contributed by atoms with Gasteiger partial charge in [0.15, 0.2) is 5.16 Å². The Labute approximate surface area is 117 Å². The molecule has 4 nitrogen and oxygen atoms in total. The second kappa shape index (κ2) is 6.61. The van der Waals surface area contributed by atoms with Crippen molar-refractivity contribution in [2.45, 2.75) is 43.6 Å². The maximum absolute atomic E-state index is 11.7. The first kappa shape index (κ1) is 13.9. The van der Waals surface area contributed by atoms with Gasteiger partial charge in [-0.25, -0.2) is 9.89 Å². The van der Waals surface area contributed by atoms with Crippen LogP contribution in [0, 0.1) is 0 Å². The van der Waals surface area contributed by atoms with Crippen LogP contribution in [-0.4, -0.2) is 14.8 Å². The second-order valence-corrected chi connectivity index (χ2v) is 5.80. The Hall–Kier alpha value is -1.49. The summed E-state index contributed by atoms with van der Waals surface area (Å²) in [5, 5.41) is 7.71. The van der Waals surface area contributed by atoms with Gasteiger partial charge in [-0.05, 0) is 18.9 Å². The number of unbranched alkanes of at least 4 members (excludes halogenated alkanes) is 1. The van der Waals surface area contributed by atoms with Crippen molar-refractivity contribution in [1.29, 1.82) is 0 Å². The molecule has 0 bridgehead atoms. The number of rotatable bonds is 6. The van der Waals surface area contributed by atoms with Crippen LogP contribution in [0.25, 0.3) is 0 Å². The van der Waals surface area contributed by atoms with Crippen molar-refractivity contribution in [3.63, 3.8) is 0 Å². The van der Waals surface area contributed by atoms with Gasteiger partial charge in [-0.15, -0.1) is 5.10 Å². The van der Waals surface area contributed by atoms with Crippen LogP contribution < -0.4 is 5.69 Å². The van der Waals surface area contributed by atoms with Crippen molar-refractivity contribution in [2.75, 3.05) is 0 Å². The monoisotopic (exact) mass is 277 g/mol.